The maximum atomic E-state index is 15.2. The molecule has 0 saturated carbocycles. The van der Waals surface area contributed by atoms with Crippen LogP contribution in [0.15, 0.2) is 133 Å². The van der Waals surface area contributed by atoms with Gasteiger partial charge in [-0.05, 0) is 93.7 Å². The minimum absolute atomic E-state index is 0.0621. The summed E-state index contributed by atoms with van der Waals surface area (Å²) in [6.45, 7) is 13.4. The number of ether oxygens (including phenoxy) is 2. The number of hydrogen-bond acceptors (Lipinski definition) is 4. The molecular formula is C45H46NO3P. The van der Waals surface area contributed by atoms with Crippen molar-refractivity contribution in [2.45, 2.75) is 52.4 Å². The van der Waals surface area contributed by atoms with E-state index >= 15 is 4.57 Å². The van der Waals surface area contributed by atoms with Gasteiger partial charge in [-0.1, -0.05) is 114 Å². The summed E-state index contributed by atoms with van der Waals surface area (Å²) < 4.78 is 26.1. The molecule has 0 radical (unpaired) electrons. The summed E-state index contributed by atoms with van der Waals surface area (Å²) in [6, 6.07) is 45.0. The van der Waals surface area contributed by atoms with Gasteiger partial charge in [-0.2, -0.15) is 0 Å². The molecule has 0 bridgehead atoms. The van der Waals surface area contributed by atoms with E-state index in [2.05, 4.69) is 114 Å². The molecule has 1 heterocycles. The molecular weight excluding hydrogens is 633 g/mol. The van der Waals surface area contributed by atoms with Gasteiger partial charge in [0.1, 0.15) is 11.5 Å². The summed E-state index contributed by atoms with van der Waals surface area (Å²) >= 11 is 0. The largest absolute Gasteiger partial charge is 0.497 e. The molecule has 0 spiro atoms. The van der Waals surface area contributed by atoms with Crippen molar-refractivity contribution in [2.75, 3.05) is 14.2 Å². The average Bonchev–Trinajstić information content (AvgIpc) is 3.14. The van der Waals surface area contributed by atoms with Gasteiger partial charge in [0.25, 0.3) is 0 Å². The lowest BCUT2D eigenvalue weighted by molar-refractivity contribution is 0.415. The normalized spacial score (nSPS) is 12.1. The molecule has 5 heteroatoms. The van der Waals surface area contributed by atoms with Gasteiger partial charge in [0.15, 0.2) is 7.14 Å². The van der Waals surface area contributed by atoms with Crippen LogP contribution in [0.2, 0.25) is 0 Å². The van der Waals surface area contributed by atoms with Crippen molar-refractivity contribution in [3.63, 3.8) is 0 Å². The van der Waals surface area contributed by atoms with E-state index in [0.29, 0.717) is 0 Å². The maximum absolute atomic E-state index is 15.2. The maximum Gasteiger partial charge on any atom is 0.171 e. The molecule has 0 aliphatic carbocycles. The summed E-state index contributed by atoms with van der Waals surface area (Å²) in [7, 11) is 0.0431. The first-order valence-electron chi connectivity index (χ1n) is 17.0. The molecule has 6 aromatic rings. The monoisotopic (exact) mass is 679 g/mol. The van der Waals surface area contributed by atoms with Crippen molar-refractivity contribution in [1.29, 1.82) is 0 Å². The Kier molecular flexibility index (Phi) is 9.62. The van der Waals surface area contributed by atoms with Gasteiger partial charge >= 0.3 is 0 Å². The predicted molar refractivity (Wildman–Crippen MR) is 210 cm³/mol. The number of aromatic nitrogens is 1. The summed E-state index contributed by atoms with van der Waals surface area (Å²) in [5, 5.41) is 2.23. The van der Waals surface area contributed by atoms with Crippen LogP contribution in [-0.4, -0.2) is 19.2 Å². The van der Waals surface area contributed by atoms with Gasteiger partial charge in [-0.3, -0.25) is 0 Å². The van der Waals surface area contributed by atoms with E-state index in [1.165, 1.54) is 11.1 Å². The highest BCUT2D eigenvalue weighted by atomic mass is 31.2. The van der Waals surface area contributed by atoms with Crippen LogP contribution < -0.4 is 25.4 Å². The van der Waals surface area contributed by atoms with Crippen molar-refractivity contribution < 1.29 is 14.0 Å². The number of pyridine rings is 1. The molecule has 0 aliphatic rings. The summed E-state index contributed by atoms with van der Waals surface area (Å²) in [5.41, 5.74) is 8.69. The number of benzene rings is 5. The Hall–Kier alpha value is -4.92. The molecule has 1 aromatic heterocycles. The molecule has 4 nitrogen and oxygen atoms in total. The fourth-order valence-electron chi connectivity index (χ4n) is 6.17. The first kappa shape index (κ1) is 34.9. The van der Waals surface area contributed by atoms with E-state index in [4.69, 9.17) is 14.5 Å². The van der Waals surface area contributed by atoms with Crippen LogP contribution in [0.1, 0.15) is 52.7 Å². The number of rotatable bonds is 8. The van der Waals surface area contributed by atoms with Gasteiger partial charge < -0.3 is 14.0 Å². The van der Waals surface area contributed by atoms with Crippen LogP contribution >= 0.6 is 7.14 Å². The zero-order chi connectivity index (χ0) is 35.7. The second-order valence-corrected chi connectivity index (χ2v) is 17.6. The number of nitrogens with zero attached hydrogens (tertiary/aromatic N) is 1. The third-order valence-corrected chi connectivity index (χ3v) is 12.4. The Bertz CT molecular complexity index is 1990. The van der Waals surface area contributed by atoms with Gasteiger partial charge in [-0.15, -0.1) is 0 Å². The van der Waals surface area contributed by atoms with E-state index in [0.717, 1.165) is 61.1 Å². The third-order valence-electron chi connectivity index (χ3n) is 9.36. The van der Waals surface area contributed by atoms with Crippen LogP contribution in [0.25, 0.3) is 33.6 Å². The van der Waals surface area contributed by atoms with Gasteiger partial charge in [0, 0.05) is 27.0 Å². The van der Waals surface area contributed by atoms with Gasteiger partial charge in [0.05, 0.1) is 25.6 Å². The lowest BCUT2D eigenvalue weighted by Gasteiger charge is -2.21. The highest BCUT2D eigenvalue weighted by Crippen LogP contribution is 2.43. The molecule has 0 N–H and O–H groups in total. The number of hydrogen-bond donors (Lipinski definition) is 0. The molecule has 0 aliphatic heterocycles. The minimum Gasteiger partial charge on any atom is -0.497 e. The smallest absolute Gasteiger partial charge is 0.171 e. The van der Waals surface area contributed by atoms with E-state index in [1.807, 2.05) is 60.7 Å². The summed E-state index contributed by atoms with van der Waals surface area (Å²) in [5.74, 6) is 1.44. The average molecular weight is 680 g/mol. The Morgan fingerprint density at radius 2 is 0.760 bits per heavy atom. The second kappa shape index (κ2) is 13.8. The van der Waals surface area contributed by atoms with Crippen LogP contribution in [-0.2, 0) is 15.4 Å². The SMILES string of the molecule is COc1ccc(P(=O)(c2ccc(OC)cc2)c2ccc(-c3cc(-c4ccc(C(C)(C)C)cc4)nc(-c4ccc(C(C)(C)C)cc4)c3)cc2)cc1. The summed E-state index contributed by atoms with van der Waals surface area (Å²) in [6.07, 6.45) is 0. The van der Waals surface area contributed by atoms with Crippen molar-refractivity contribution >= 4 is 23.1 Å². The fourth-order valence-corrected chi connectivity index (χ4v) is 8.77. The van der Waals surface area contributed by atoms with Crippen LogP contribution in [0, 0.1) is 0 Å². The van der Waals surface area contributed by atoms with Crippen LogP contribution in [0.3, 0.4) is 0 Å². The van der Waals surface area contributed by atoms with E-state index in [1.54, 1.807) is 14.2 Å². The lowest BCUT2D eigenvalue weighted by atomic mass is 9.86. The standard InChI is InChI=1S/C45H46NO3P/c1-44(2,3)35-15-9-32(10-16-35)42-29-34(30-43(46-42)33-11-17-36(18-12-33)45(4,5)6)31-13-23-39(24-14-31)50(47,40-25-19-37(48-7)20-26-40)41-27-21-38(49-8)22-28-41/h9-30H,1-8H3. The number of methoxy groups -OCH3 is 2. The van der Waals surface area contributed by atoms with Crippen LogP contribution in [0.4, 0.5) is 0 Å². The first-order valence-corrected chi connectivity index (χ1v) is 18.7. The molecule has 0 saturated heterocycles. The minimum atomic E-state index is -3.22. The quantitative estimate of drug-likeness (QED) is 0.150. The second-order valence-electron chi connectivity index (χ2n) is 14.8. The highest BCUT2D eigenvalue weighted by molar-refractivity contribution is 7.85. The van der Waals surface area contributed by atoms with Crippen LogP contribution in [0.5, 0.6) is 11.5 Å². The molecule has 0 atom stereocenters. The van der Waals surface area contributed by atoms with Crippen molar-refractivity contribution in [2.24, 2.45) is 0 Å². The fraction of sp³-hybridized carbons (Fsp3) is 0.222. The Morgan fingerprint density at radius 1 is 0.440 bits per heavy atom. The van der Waals surface area contributed by atoms with Gasteiger partial charge in [-0.25, -0.2) is 4.98 Å². The molecule has 0 unspecified atom stereocenters. The molecule has 254 valence electrons. The Balaban J connectivity index is 1.45. The molecule has 0 fully saturated rings. The topological polar surface area (TPSA) is 48.4 Å². The molecule has 5 aromatic carbocycles. The zero-order valence-electron chi connectivity index (χ0n) is 30.3. The lowest BCUT2D eigenvalue weighted by Crippen LogP contribution is -2.25. The predicted octanol–water partition coefficient (Wildman–Crippen LogP) is 10.3. The molecule has 0 amide bonds. The third kappa shape index (κ3) is 7.18. The van der Waals surface area contributed by atoms with E-state index < -0.39 is 7.14 Å². The highest BCUT2D eigenvalue weighted by Gasteiger charge is 2.30. The van der Waals surface area contributed by atoms with E-state index in [-0.39, 0.29) is 10.8 Å². The molecule has 6 rings (SSSR count). The van der Waals surface area contributed by atoms with Crippen molar-refractivity contribution in [3.05, 3.63) is 145 Å². The zero-order valence-corrected chi connectivity index (χ0v) is 31.2. The summed E-state index contributed by atoms with van der Waals surface area (Å²) in [4.78, 5) is 5.18. The molecule has 50 heavy (non-hydrogen) atoms. The van der Waals surface area contributed by atoms with E-state index in [9.17, 15) is 0 Å². The first-order chi connectivity index (χ1) is 23.8. The Labute approximate surface area is 297 Å². The van der Waals surface area contributed by atoms with Crippen molar-refractivity contribution in [1.82, 2.24) is 4.98 Å². The van der Waals surface area contributed by atoms with Crippen molar-refractivity contribution in [3.8, 4) is 45.1 Å². The van der Waals surface area contributed by atoms with Gasteiger partial charge in [0.2, 0.25) is 0 Å². The Morgan fingerprint density at radius 3 is 1.08 bits per heavy atom.